The van der Waals surface area contributed by atoms with Crippen molar-refractivity contribution in [2.75, 3.05) is 27.9 Å². The third-order valence-electron chi connectivity index (χ3n) is 5.21. The van der Waals surface area contributed by atoms with Gasteiger partial charge in [0.2, 0.25) is 0 Å². The molecule has 0 saturated heterocycles. The van der Waals surface area contributed by atoms with E-state index in [4.69, 9.17) is 14.2 Å². The number of ether oxygens (including phenoxy) is 3. The van der Waals surface area contributed by atoms with Gasteiger partial charge in [0, 0.05) is 11.1 Å². The van der Waals surface area contributed by atoms with Crippen LogP contribution in [0.15, 0.2) is 24.3 Å². The maximum Gasteiger partial charge on any atom is 0.161 e. The number of aromatic hydroxyl groups is 1. The fourth-order valence-corrected chi connectivity index (χ4v) is 4.10. The van der Waals surface area contributed by atoms with Gasteiger partial charge in [-0.1, -0.05) is 0 Å². The van der Waals surface area contributed by atoms with Crippen LogP contribution < -0.4 is 19.1 Å². The lowest BCUT2D eigenvalue weighted by atomic mass is 9.79. The Balaban J connectivity index is 1.88. The molecule has 24 heavy (non-hydrogen) atoms. The van der Waals surface area contributed by atoms with E-state index in [1.54, 1.807) is 21.3 Å². The van der Waals surface area contributed by atoms with Crippen molar-refractivity contribution in [2.45, 2.75) is 19.0 Å². The minimum Gasteiger partial charge on any atom is -0.504 e. The zero-order valence-corrected chi connectivity index (χ0v) is 14.2. The predicted octanol–water partition coefficient (Wildman–Crippen LogP) is 1.46. The molecule has 0 amide bonds. The van der Waals surface area contributed by atoms with E-state index < -0.39 is 0 Å². The van der Waals surface area contributed by atoms with Crippen molar-refractivity contribution in [3.8, 4) is 23.0 Å². The summed E-state index contributed by atoms with van der Waals surface area (Å²) >= 11 is 0. The number of hydrogen-bond donors (Lipinski definition) is 2. The Morgan fingerprint density at radius 1 is 0.833 bits per heavy atom. The normalized spacial score (nSPS) is 20.8. The number of phenolic OH excluding ortho intramolecular Hbond substituents is 1. The number of nitrogens with one attached hydrogen (secondary N) is 1. The molecule has 5 heteroatoms. The molecule has 2 N–H and O–H groups in total. The Labute approximate surface area is 141 Å². The second-order valence-electron chi connectivity index (χ2n) is 6.49. The van der Waals surface area contributed by atoms with Crippen LogP contribution in [0.2, 0.25) is 0 Å². The number of fused-ring (bicyclic) bond motifs is 6. The average molecular weight is 328 g/mol. The van der Waals surface area contributed by atoms with Crippen molar-refractivity contribution in [3.63, 3.8) is 0 Å². The van der Waals surface area contributed by atoms with Crippen LogP contribution in [-0.2, 0) is 13.1 Å². The van der Waals surface area contributed by atoms with Gasteiger partial charge >= 0.3 is 0 Å². The van der Waals surface area contributed by atoms with Crippen molar-refractivity contribution in [2.24, 2.45) is 0 Å². The van der Waals surface area contributed by atoms with E-state index in [2.05, 4.69) is 12.1 Å². The van der Waals surface area contributed by atoms with Gasteiger partial charge in [-0.05, 0) is 35.4 Å². The van der Waals surface area contributed by atoms with Crippen LogP contribution in [-0.4, -0.2) is 33.0 Å². The zero-order valence-electron chi connectivity index (χ0n) is 14.2. The standard InChI is InChI=1S/C19H21NO4/c1-22-17-6-13-11(4-16(17)21)8-20-9-12-5-18(23-2)19(24-3)7-14(12)15(13)10-20/h4-7,15,21H,8-10H2,1-3H3/p+1/t15-/m1/s1. The van der Waals surface area contributed by atoms with Gasteiger partial charge in [0.1, 0.15) is 13.1 Å². The molecule has 2 aromatic carbocycles. The lowest BCUT2D eigenvalue weighted by Gasteiger charge is -2.38. The lowest BCUT2D eigenvalue weighted by molar-refractivity contribution is -0.933. The van der Waals surface area contributed by atoms with Crippen LogP contribution in [0, 0.1) is 0 Å². The summed E-state index contributed by atoms with van der Waals surface area (Å²) in [4.78, 5) is 1.50. The number of benzene rings is 2. The van der Waals surface area contributed by atoms with Gasteiger partial charge in [0.05, 0.1) is 33.8 Å². The highest BCUT2D eigenvalue weighted by Gasteiger charge is 2.37. The molecule has 2 bridgehead atoms. The van der Waals surface area contributed by atoms with Crippen molar-refractivity contribution in [3.05, 3.63) is 46.5 Å². The molecular weight excluding hydrogens is 306 g/mol. The van der Waals surface area contributed by atoms with E-state index >= 15 is 0 Å². The molecule has 2 aliphatic rings. The first-order chi connectivity index (χ1) is 11.6. The highest BCUT2D eigenvalue weighted by atomic mass is 16.5. The SMILES string of the molecule is COc1cc2c(cc1O)C[NH+]1Cc3cc(OC)c(OC)cc3[C@@H]2C1. The minimum absolute atomic E-state index is 0.212. The first kappa shape index (κ1) is 15.1. The third kappa shape index (κ3) is 2.19. The molecule has 1 unspecified atom stereocenters. The van der Waals surface area contributed by atoms with E-state index in [9.17, 15) is 5.11 Å². The molecule has 5 nitrogen and oxygen atoms in total. The fraction of sp³-hybridized carbons (Fsp3) is 0.368. The van der Waals surface area contributed by atoms with Gasteiger partial charge in [0.15, 0.2) is 23.0 Å². The van der Waals surface area contributed by atoms with Crippen LogP contribution in [0.3, 0.4) is 0 Å². The largest absolute Gasteiger partial charge is 0.504 e. The number of methoxy groups -OCH3 is 3. The van der Waals surface area contributed by atoms with E-state index in [0.717, 1.165) is 31.1 Å². The first-order valence-electron chi connectivity index (χ1n) is 8.12. The van der Waals surface area contributed by atoms with Gasteiger partial charge < -0.3 is 24.2 Å². The van der Waals surface area contributed by atoms with Crippen LogP contribution >= 0.6 is 0 Å². The number of phenols is 1. The molecule has 0 fully saturated rings. The van der Waals surface area contributed by atoms with Crippen molar-refractivity contribution in [1.82, 2.24) is 0 Å². The topological polar surface area (TPSA) is 52.4 Å². The summed E-state index contributed by atoms with van der Waals surface area (Å²) in [7, 11) is 4.93. The van der Waals surface area contributed by atoms with E-state index in [-0.39, 0.29) is 11.7 Å². The molecule has 0 aliphatic carbocycles. The van der Waals surface area contributed by atoms with Gasteiger partial charge in [-0.2, -0.15) is 0 Å². The zero-order chi connectivity index (χ0) is 16.8. The lowest BCUT2D eigenvalue weighted by Crippen LogP contribution is -3.11. The molecule has 0 aromatic heterocycles. The highest BCUT2D eigenvalue weighted by molar-refractivity contribution is 5.55. The number of quaternary nitrogens is 1. The quantitative estimate of drug-likeness (QED) is 0.896. The summed E-state index contributed by atoms with van der Waals surface area (Å²) < 4.78 is 16.3. The van der Waals surface area contributed by atoms with Gasteiger partial charge in [-0.3, -0.25) is 0 Å². The smallest absolute Gasteiger partial charge is 0.161 e. The monoisotopic (exact) mass is 328 g/mol. The van der Waals surface area contributed by atoms with Crippen molar-refractivity contribution >= 4 is 0 Å². The molecule has 4 rings (SSSR count). The summed E-state index contributed by atoms with van der Waals surface area (Å²) in [6.07, 6.45) is 0. The van der Waals surface area contributed by atoms with Crippen LogP contribution in [0.25, 0.3) is 0 Å². The molecule has 2 aromatic rings. The summed E-state index contributed by atoms with van der Waals surface area (Å²) in [6, 6.07) is 8.04. The van der Waals surface area contributed by atoms with Gasteiger partial charge in [0.25, 0.3) is 0 Å². The van der Waals surface area contributed by atoms with Crippen molar-refractivity contribution < 1.29 is 24.2 Å². The van der Waals surface area contributed by atoms with Crippen LogP contribution in [0.1, 0.15) is 28.2 Å². The third-order valence-corrected chi connectivity index (χ3v) is 5.21. The summed E-state index contributed by atoms with van der Waals surface area (Å²) in [5, 5.41) is 10.1. The molecule has 126 valence electrons. The highest BCUT2D eigenvalue weighted by Crippen LogP contribution is 2.42. The molecule has 2 aliphatic heterocycles. The maximum atomic E-state index is 10.1. The summed E-state index contributed by atoms with van der Waals surface area (Å²) in [5.41, 5.74) is 5.02. The second-order valence-corrected chi connectivity index (χ2v) is 6.49. The molecule has 2 heterocycles. The first-order valence-corrected chi connectivity index (χ1v) is 8.12. The molecule has 0 radical (unpaired) electrons. The molecule has 2 atom stereocenters. The maximum absolute atomic E-state index is 10.1. The van der Waals surface area contributed by atoms with Crippen molar-refractivity contribution in [1.29, 1.82) is 0 Å². The minimum atomic E-state index is 0.212. The van der Waals surface area contributed by atoms with Gasteiger partial charge in [-0.15, -0.1) is 0 Å². The molecular formula is C19H22NO4+. The molecule has 0 spiro atoms. The van der Waals surface area contributed by atoms with Gasteiger partial charge in [-0.25, -0.2) is 0 Å². The average Bonchev–Trinajstić information content (AvgIpc) is 2.60. The Bertz CT molecular complexity index is 802. The van der Waals surface area contributed by atoms with Crippen LogP contribution in [0.5, 0.6) is 23.0 Å². The Kier molecular flexibility index (Phi) is 3.53. The Hall–Kier alpha value is -2.40. The van der Waals surface area contributed by atoms with E-state index in [1.807, 2.05) is 12.1 Å². The molecule has 0 saturated carbocycles. The van der Waals surface area contributed by atoms with E-state index in [0.29, 0.717) is 5.75 Å². The Morgan fingerprint density at radius 3 is 2.00 bits per heavy atom. The summed E-state index contributed by atoms with van der Waals surface area (Å²) in [6.45, 7) is 2.92. The Morgan fingerprint density at radius 2 is 1.38 bits per heavy atom. The second kappa shape index (κ2) is 5.60. The summed E-state index contributed by atoms with van der Waals surface area (Å²) in [5.74, 6) is 2.56. The van der Waals surface area contributed by atoms with E-state index in [1.165, 1.54) is 27.2 Å². The fourth-order valence-electron chi connectivity index (χ4n) is 4.10. The number of rotatable bonds is 3. The van der Waals surface area contributed by atoms with Crippen LogP contribution in [0.4, 0.5) is 0 Å². The predicted molar refractivity (Wildman–Crippen MR) is 89.3 cm³/mol. The number of hydrogen-bond acceptors (Lipinski definition) is 4.